The number of nitrogens with one attached hydrogen (secondary N) is 1. The van der Waals surface area contributed by atoms with Gasteiger partial charge in [0.2, 0.25) is 0 Å². The minimum atomic E-state index is -0.220. The van der Waals surface area contributed by atoms with Gasteiger partial charge in [-0.1, -0.05) is 0 Å². The second-order valence-corrected chi connectivity index (χ2v) is 4.83. The van der Waals surface area contributed by atoms with Gasteiger partial charge >= 0.3 is 0 Å². The van der Waals surface area contributed by atoms with Crippen molar-refractivity contribution in [2.45, 2.75) is 32.2 Å². The second-order valence-electron chi connectivity index (χ2n) is 4.83. The molecule has 0 aliphatic rings. The standard InChI is InChI=1S/C15H25NO3/c1-4-18-13-6-8-14(9-7-13)19-11-5-10-15(2,12-17)16-3/h6-9,16-17H,4-5,10-12H2,1-3H3. The second kappa shape index (κ2) is 8.02. The van der Waals surface area contributed by atoms with Crippen LogP contribution in [0, 0.1) is 0 Å². The molecule has 19 heavy (non-hydrogen) atoms. The Bertz CT molecular complexity index is 347. The average Bonchev–Trinajstić information content (AvgIpc) is 2.45. The fraction of sp³-hybridized carbons (Fsp3) is 0.600. The summed E-state index contributed by atoms with van der Waals surface area (Å²) in [6, 6.07) is 7.64. The summed E-state index contributed by atoms with van der Waals surface area (Å²) in [4.78, 5) is 0. The van der Waals surface area contributed by atoms with Gasteiger partial charge in [-0.15, -0.1) is 0 Å². The van der Waals surface area contributed by atoms with Gasteiger partial charge in [-0.05, 0) is 58.0 Å². The van der Waals surface area contributed by atoms with Crippen LogP contribution in [0.5, 0.6) is 11.5 Å². The Balaban J connectivity index is 2.29. The smallest absolute Gasteiger partial charge is 0.119 e. The monoisotopic (exact) mass is 267 g/mol. The van der Waals surface area contributed by atoms with Gasteiger partial charge in [0.05, 0.1) is 19.8 Å². The van der Waals surface area contributed by atoms with Crippen molar-refractivity contribution in [2.24, 2.45) is 0 Å². The van der Waals surface area contributed by atoms with Crippen LogP contribution < -0.4 is 14.8 Å². The zero-order chi connectivity index (χ0) is 14.1. The summed E-state index contributed by atoms with van der Waals surface area (Å²) in [6.07, 6.45) is 1.77. The topological polar surface area (TPSA) is 50.7 Å². The number of benzene rings is 1. The Morgan fingerprint density at radius 2 is 1.74 bits per heavy atom. The van der Waals surface area contributed by atoms with E-state index >= 15 is 0 Å². The first-order valence-corrected chi connectivity index (χ1v) is 6.79. The average molecular weight is 267 g/mol. The van der Waals surface area contributed by atoms with Crippen molar-refractivity contribution in [3.63, 3.8) is 0 Å². The minimum Gasteiger partial charge on any atom is -0.494 e. The maximum atomic E-state index is 9.27. The Labute approximate surface area is 115 Å². The lowest BCUT2D eigenvalue weighted by Crippen LogP contribution is -2.43. The molecule has 0 amide bonds. The van der Waals surface area contributed by atoms with Gasteiger partial charge in [-0.3, -0.25) is 0 Å². The molecule has 1 aromatic rings. The van der Waals surface area contributed by atoms with Crippen LogP contribution in [0.1, 0.15) is 26.7 Å². The first-order valence-electron chi connectivity index (χ1n) is 6.79. The summed E-state index contributed by atoms with van der Waals surface area (Å²) in [5.41, 5.74) is -0.220. The van der Waals surface area contributed by atoms with E-state index in [1.807, 2.05) is 45.2 Å². The predicted octanol–water partition coefficient (Wildman–Crippen LogP) is 2.21. The molecule has 0 aromatic heterocycles. The van der Waals surface area contributed by atoms with Crippen molar-refractivity contribution in [3.05, 3.63) is 24.3 Å². The molecule has 0 saturated heterocycles. The van der Waals surface area contributed by atoms with E-state index in [2.05, 4.69) is 5.32 Å². The molecule has 1 atom stereocenters. The van der Waals surface area contributed by atoms with Crippen molar-refractivity contribution in [1.82, 2.24) is 5.32 Å². The van der Waals surface area contributed by atoms with Crippen LogP contribution in [0.25, 0.3) is 0 Å². The summed E-state index contributed by atoms with van der Waals surface area (Å²) < 4.78 is 11.0. The molecule has 0 spiro atoms. The lowest BCUT2D eigenvalue weighted by molar-refractivity contribution is 0.163. The summed E-state index contributed by atoms with van der Waals surface area (Å²) in [6.45, 7) is 5.41. The number of likely N-dealkylation sites (N-methyl/N-ethyl adjacent to an activating group) is 1. The Hall–Kier alpha value is -1.26. The number of hydrogen-bond acceptors (Lipinski definition) is 4. The molecule has 1 aromatic carbocycles. The predicted molar refractivity (Wildman–Crippen MR) is 76.9 cm³/mol. The molecule has 0 aliphatic heterocycles. The van der Waals surface area contributed by atoms with E-state index < -0.39 is 0 Å². The van der Waals surface area contributed by atoms with Gasteiger partial charge in [0, 0.05) is 5.54 Å². The van der Waals surface area contributed by atoms with Crippen molar-refractivity contribution < 1.29 is 14.6 Å². The fourth-order valence-corrected chi connectivity index (χ4v) is 1.73. The molecule has 1 rings (SSSR count). The Kier molecular flexibility index (Phi) is 6.67. The van der Waals surface area contributed by atoms with E-state index in [0.717, 1.165) is 24.3 Å². The molecule has 108 valence electrons. The van der Waals surface area contributed by atoms with Crippen LogP contribution in [0.2, 0.25) is 0 Å². The van der Waals surface area contributed by atoms with Gasteiger partial charge in [-0.25, -0.2) is 0 Å². The highest BCUT2D eigenvalue weighted by Crippen LogP contribution is 2.18. The molecular formula is C15H25NO3. The number of aliphatic hydroxyl groups is 1. The Morgan fingerprint density at radius 3 is 2.21 bits per heavy atom. The molecule has 4 nitrogen and oxygen atoms in total. The van der Waals surface area contributed by atoms with Gasteiger partial charge in [0.25, 0.3) is 0 Å². The van der Waals surface area contributed by atoms with E-state index in [-0.39, 0.29) is 12.1 Å². The summed E-state index contributed by atoms with van der Waals surface area (Å²) >= 11 is 0. The van der Waals surface area contributed by atoms with Crippen LogP contribution in [-0.2, 0) is 0 Å². The van der Waals surface area contributed by atoms with E-state index in [9.17, 15) is 5.11 Å². The highest BCUT2D eigenvalue weighted by atomic mass is 16.5. The van der Waals surface area contributed by atoms with Crippen LogP contribution >= 0.6 is 0 Å². The molecule has 0 aliphatic carbocycles. The third-order valence-corrected chi connectivity index (χ3v) is 3.23. The van der Waals surface area contributed by atoms with Crippen molar-refractivity contribution >= 4 is 0 Å². The maximum absolute atomic E-state index is 9.27. The van der Waals surface area contributed by atoms with Crippen molar-refractivity contribution in [3.8, 4) is 11.5 Å². The SMILES string of the molecule is CCOc1ccc(OCCCC(C)(CO)NC)cc1. The molecule has 4 heteroatoms. The lowest BCUT2D eigenvalue weighted by atomic mass is 9.97. The van der Waals surface area contributed by atoms with Gasteiger partial charge < -0.3 is 19.9 Å². The third kappa shape index (κ3) is 5.49. The molecule has 0 radical (unpaired) electrons. The molecule has 0 fully saturated rings. The number of aliphatic hydroxyl groups excluding tert-OH is 1. The lowest BCUT2D eigenvalue weighted by Gasteiger charge is -2.26. The first kappa shape index (κ1) is 15.8. The number of rotatable bonds is 9. The summed E-state index contributed by atoms with van der Waals surface area (Å²) in [7, 11) is 1.86. The molecule has 2 N–H and O–H groups in total. The highest BCUT2D eigenvalue weighted by molar-refractivity contribution is 5.31. The largest absolute Gasteiger partial charge is 0.494 e. The molecule has 1 unspecified atom stereocenters. The molecular weight excluding hydrogens is 242 g/mol. The molecule has 0 heterocycles. The summed E-state index contributed by atoms with van der Waals surface area (Å²) in [5.74, 6) is 1.71. The molecule has 0 bridgehead atoms. The van der Waals surface area contributed by atoms with Crippen LogP contribution in [0.3, 0.4) is 0 Å². The van der Waals surface area contributed by atoms with Crippen LogP contribution in [-0.4, -0.2) is 37.5 Å². The van der Waals surface area contributed by atoms with Crippen molar-refractivity contribution in [2.75, 3.05) is 26.9 Å². The zero-order valence-corrected chi connectivity index (χ0v) is 12.1. The quantitative estimate of drug-likeness (QED) is 0.674. The number of hydrogen-bond donors (Lipinski definition) is 2. The van der Waals surface area contributed by atoms with Crippen LogP contribution in [0.4, 0.5) is 0 Å². The minimum absolute atomic E-state index is 0.132. The van der Waals surface area contributed by atoms with Gasteiger partial charge in [-0.2, -0.15) is 0 Å². The normalized spacial score (nSPS) is 13.9. The fourth-order valence-electron chi connectivity index (χ4n) is 1.73. The van der Waals surface area contributed by atoms with E-state index in [4.69, 9.17) is 9.47 Å². The van der Waals surface area contributed by atoms with E-state index in [1.54, 1.807) is 0 Å². The maximum Gasteiger partial charge on any atom is 0.119 e. The first-order chi connectivity index (χ1) is 9.13. The third-order valence-electron chi connectivity index (χ3n) is 3.23. The van der Waals surface area contributed by atoms with E-state index in [0.29, 0.717) is 13.2 Å². The number of ether oxygens (including phenoxy) is 2. The molecule has 0 saturated carbocycles. The van der Waals surface area contributed by atoms with Crippen molar-refractivity contribution in [1.29, 1.82) is 0 Å². The van der Waals surface area contributed by atoms with Crippen LogP contribution in [0.15, 0.2) is 24.3 Å². The highest BCUT2D eigenvalue weighted by Gasteiger charge is 2.19. The zero-order valence-electron chi connectivity index (χ0n) is 12.1. The summed E-state index contributed by atoms with van der Waals surface area (Å²) in [5, 5.41) is 12.4. The van der Waals surface area contributed by atoms with Gasteiger partial charge in [0.1, 0.15) is 11.5 Å². The van der Waals surface area contributed by atoms with E-state index in [1.165, 1.54) is 0 Å². The Morgan fingerprint density at radius 1 is 1.16 bits per heavy atom. The van der Waals surface area contributed by atoms with Gasteiger partial charge in [0.15, 0.2) is 0 Å².